The van der Waals surface area contributed by atoms with E-state index in [0.29, 0.717) is 16.6 Å². The molecular formula is C10H5BrN2O3. The summed E-state index contributed by atoms with van der Waals surface area (Å²) in [6.07, 6.45) is 1.55. The topological polar surface area (TPSA) is 71.7 Å². The average Bonchev–Trinajstić information content (AvgIpc) is 2.57. The molecule has 1 aromatic carbocycles. The smallest absolute Gasteiger partial charge is 0.416 e. The Morgan fingerprint density at radius 1 is 1.50 bits per heavy atom. The van der Waals surface area contributed by atoms with E-state index in [-0.39, 0.29) is 0 Å². The SMILES string of the molecule is O=C=Nc1cn(C(=O)O)c2cc(Br)ccc12. The summed E-state index contributed by atoms with van der Waals surface area (Å²) in [4.78, 5) is 24.6. The number of benzene rings is 1. The second-order valence-electron chi connectivity index (χ2n) is 3.03. The van der Waals surface area contributed by atoms with Gasteiger partial charge in [-0.2, -0.15) is 4.99 Å². The van der Waals surface area contributed by atoms with Gasteiger partial charge in [-0.1, -0.05) is 15.9 Å². The molecule has 0 fully saturated rings. The second-order valence-corrected chi connectivity index (χ2v) is 3.95. The lowest BCUT2D eigenvalue weighted by Crippen LogP contribution is -2.05. The van der Waals surface area contributed by atoms with E-state index in [9.17, 15) is 9.59 Å². The lowest BCUT2D eigenvalue weighted by Gasteiger charge is -1.97. The number of aromatic nitrogens is 1. The molecule has 6 heteroatoms. The number of halogens is 1. The summed E-state index contributed by atoms with van der Waals surface area (Å²) in [5.41, 5.74) is 0.760. The van der Waals surface area contributed by atoms with Gasteiger partial charge in [0.25, 0.3) is 0 Å². The average molecular weight is 281 g/mol. The normalized spacial score (nSPS) is 10.1. The Morgan fingerprint density at radius 3 is 2.88 bits per heavy atom. The highest BCUT2D eigenvalue weighted by Gasteiger charge is 2.12. The molecule has 0 bridgehead atoms. The Balaban J connectivity index is 2.86. The van der Waals surface area contributed by atoms with Crippen LogP contribution in [0, 0.1) is 0 Å². The largest absolute Gasteiger partial charge is 0.464 e. The first kappa shape index (κ1) is 10.6. The number of hydrogen-bond donors (Lipinski definition) is 1. The van der Waals surface area contributed by atoms with Gasteiger partial charge in [-0.3, -0.25) is 4.57 Å². The first-order valence-corrected chi connectivity index (χ1v) is 5.04. The van der Waals surface area contributed by atoms with E-state index < -0.39 is 6.09 Å². The molecule has 5 nitrogen and oxygen atoms in total. The number of rotatable bonds is 1. The maximum absolute atomic E-state index is 11.0. The third-order valence-corrected chi connectivity index (χ3v) is 2.61. The quantitative estimate of drug-likeness (QED) is 0.645. The van der Waals surface area contributed by atoms with E-state index in [1.807, 2.05) is 0 Å². The van der Waals surface area contributed by atoms with E-state index in [2.05, 4.69) is 20.9 Å². The van der Waals surface area contributed by atoms with Gasteiger partial charge in [0.1, 0.15) is 5.69 Å². The zero-order valence-corrected chi connectivity index (χ0v) is 9.43. The van der Waals surface area contributed by atoms with Gasteiger partial charge in [0.15, 0.2) is 0 Å². The summed E-state index contributed by atoms with van der Waals surface area (Å²) in [6, 6.07) is 5.08. The maximum atomic E-state index is 11.0. The lowest BCUT2D eigenvalue weighted by atomic mass is 10.2. The fraction of sp³-hybridized carbons (Fsp3) is 0. The van der Waals surface area contributed by atoms with E-state index in [0.717, 1.165) is 9.04 Å². The molecule has 16 heavy (non-hydrogen) atoms. The third-order valence-electron chi connectivity index (χ3n) is 2.12. The molecule has 0 aliphatic heterocycles. The highest BCUT2D eigenvalue weighted by Crippen LogP contribution is 2.30. The van der Waals surface area contributed by atoms with E-state index >= 15 is 0 Å². The number of nitrogens with zero attached hydrogens (tertiary/aromatic N) is 2. The zero-order chi connectivity index (χ0) is 11.7. The first-order chi connectivity index (χ1) is 7.63. The van der Waals surface area contributed by atoms with E-state index in [4.69, 9.17) is 5.11 Å². The molecule has 2 aromatic rings. The number of isocyanates is 1. The molecule has 0 saturated heterocycles. The Bertz CT molecular complexity index is 626. The van der Waals surface area contributed by atoms with Crippen molar-refractivity contribution in [2.45, 2.75) is 0 Å². The van der Waals surface area contributed by atoms with Crippen LogP contribution in [0.4, 0.5) is 10.5 Å². The lowest BCUT2D eigenvalue weighted by molar-refractivity contribution is 0.197. The van der Waals surface area contributed by atoms with Gasteiger partial charge in [0, 0.05) is 16.1 Å². The molecule has 0 aliphatic carbocycles. The molecule has 1 N–H and O–H groups in total. The van der Waals surface area contributed by atoms with Crippen LogP contribution in [0.5, 0.6) is 0 Å². The Hall–Kier alpha value is -1.91. The van der Waals surface area contributed by atoms with Crippen LogP contribution in [0.2, 0.25) is 0 Å². The van der Waals surface area contributed by atoms with Crippen molar-refractivity contribution in [3.63, 3.8) is 0 Å². The molecular weight excluding hydrogens is 276 g/mol. The predicted molar refractivity (Wildman–Crippen MR) is 60.8 cm³/mol. The van der Waals surface area contributed by atoms with Crippen LogP contribution in [-0.4, -0.2) is 21.8 Å². The Kier molecular flexibility index (Phi) is 2.60. The molecule has 0 atom stereocenters. The number of hydrogen-bond acceptors (Lipinski definition) is 3. The summed E-state index contributed by atoms with van der Waals surface area (Å²) in [7, 11) is 0. The Labute approximate surface area is 98.1 Å². The summed E-state index contributed by atoms with van der Waals surface area (Å²) in [5.74, 6) is 0. The van der Waals surface area contributed by atoms with E-state index in [1.54, 1.807) is 18.2 Å². The monoisotopic (exact) mass is 280 g/mol. The molecule has 80 valence electrons. The van der Waals surface area contributed by atoms with Crippen molar-refractivity contribution >= 4 is 44.7 Å². The molecule has 0 unspecified atom stereocenters. The maximum Gasteiger partial charge on any atom is 0.416 e. The summed E-state index contributed by atoms with van der Waals surface area (Å²) in [5, 5.41) is 9.55. The van der Waals surface area contributed by atoms with Crippen molar-refractivity contribution in [3.05, 3.63) is 28.9 Å². The standard InChI is InChI=1S/C10H5BrN2O3/c11-6-1-2-7-8(12-5-14)4-13(10(15)16)9(7)3-6/h1-4H,(H,15,16). The van der Waals surface area contributed by atoms with Crippen molar-refractivity contribution in [2.24, 2.45) is 4.99 Å². The van der Waals surface area contributed by atoms with Gasteiger partial charge in [-0.05, 0) is 18.2 Å². The van der Waals surface area contributed by atoms with Crippen molar-refractivity contribution in [1.29, 1.82) is 0 Å². The van der Waals surface area contributed by atoms with Gasteiger partial charge < -0.3 is 5.11 Å². The number of carbonyl (C=O) groups excluding carboxylic acids is 1. The van der Waals surface area contributed by atoms with Crippen molar-refractivity contribution in [2.75, 3.05) is 0 Å². The molecule has 1 heterocycles. The number of fused-ring (bicyclic) bond motifs is 1. The number of carboxylic acid groups (broad SMARTS) is 1. The summed E-state index contributed by atoms with van der Waals surface area (Å²) in [6.45, 7) is 0. The summed E-state index contributed by atoms with van der Waals surface area (Å²) >= 11 is 3.25. The third kappa shape index (κ3) is 1.64. The van der Waals surface area contributed by atoms with Crippen molar-refractivity contribution < 1.29 is 14.7 Å². The van der Waals surface area contributed by atoms with Crippen LogP contribution < -0.4 is 0 Å². The van der Waals surface area contributed by atoms with Gasteiger partial charge >= 0.3 is 6.09 Å². The first-order valence-electron chi connectivity index (χ1n) is 4.25. The minimum absolute atomic E-state index is 0.292. The van der Waals surface area contributed by atoms with Gasteiger partial charge in [-0.15, -0.1) is 0 Å². The molecule has 0 saturated carbocycles. The number of carbonyl (C=O) groups is 1. The predicted octanol–water partition coefficient (Wildman–Crippen LogP) is 2.90. The van der Waals surface area contributed by atoms with Gasteiger partial charge in [-0.25, -0.2) is 9.59 Å². The molecule has 0 aliphatic rings. The molecule has 0 radical (unpaired) electrons. The fourth-order valence-corrected chi connectivity index (χ4v) is 1.83. The van der Waals surface area contributed by atoms with Crippen LogP contribution in [0.15, 0.2) is 33.9 Å². The Morgan fingerprint density at radius 2 is 2.25 bits per heavy atom. The zero-order valence-electron chi connectivity index (χ0n) is 7.85. The van der Waals surface area contributed by atoms with E-state index in [1.165, 1.54) is 12.3 Å². The minimum Gasteiger partial charge on any atom is -0.464 e. The number of aliphatic imine (C=N–C) groups is 1. The summed E-state index contributed by atoms with van der Waals surface area (Å²) < 4.78 is 1.76. The second kappa shape index (κ2) is 3.92. The van der Waals surface area contributed by atoms with Gasteiger partial charge in [0.2, 0.25) is 6.08 Å². The molecule has 1 aromatic heterocycles. The fourth-order valence-electron chi connectivity index (χ4n) is 1.48. The van der Waals surface area contributed by atoms with Crippen molar-refractivity contribution in [1.82, 2.24) is 4.57 Å². The minimum atomic E-state index is -1.13. The van der Waals surface area contributed by atoms with Crippen LogP contribution in [0.25, 0.3) is 10.9 Å². The molecule has 0 amide bonds. The van der Waals surface area contributed by atoms with Crippen LogP contribution >= 0.6 is 15.9 Å². The highest BCUT2D eigenvalue weighted by molar-refractivity contribution is 9.10. The molecule has 2 rings (SSSR count). The highest BCUT2D eigenvalue weighted by atomic mass is 79.9. The van der Waals surface area contributed by atoms with Crippen molar-refractivity contribution in [3.8, 4) is 0 Å². The molecule has 0 spiro atoms. The van der Waals surface area contributed by atoms with Gasteiger partial charge in [0.05, 0.1) is 5.52 Å². The van der Waals surface area contributed by atoms with Crippen LogP contribution in [0.1, 0.15) is 0 Å². The van der Waals surface area contributed by atoms with Crippen LogP contribution in [-0.2, 0) is 4.79 Å². The van der Waals surface area contributed by atoms with Crippen LogP contribution in [0.3, 0.4) is 0 Å².